The minimum Gasteiger partial charge on any atom is -0.356 e. The lowest BCUT2D eigenvalue weighted by Gasteiger charge is -2.30. The van der Waals surface area contributed by atoms with E-state index in [1.165, 1.54) is 25.7 Å². The first-order chi connectivity index (χ1) is 10.1. The number of nitrogens with one attached hydrogen (secondary N) is 1. The molecule has 2 rings (SSSR count). The second kappa shape index (κ2) is 8.40. The van der Waals surface area contributed by atoms with Gasteiger partial charge in [0, 0.05) is 11.9 Å². The van der Waals surface area contributed by atoms with Gasteiger partial charge >= 0.3 is 0 Å². The van der Waals surface area contributed by atoms with E-state index in [0.29, 0.717) is 28.3 Å². The van der Waals surface area contributed by atoms with Crippen LogP contribution in [0.15, 0.2) is 18.2 Å². The summed E-state index contributed by atoms with van der Waals surface area (Å²) in [5, 5.41) is 5.10. The Morgan fingerprint density at radius 3 is 2.57 bits per heavy atom. The van der Waals surface area contributed by atoms with Crippen molar-refractivity contribution in [1.29, 1.82) is 0 Å². The van der Waals surface area contributed by atoms with Crippen LogP contribution in [0.2, 0.25) is 10.0 Å². The molecule has 0 heterocycles. The average molecular weight is 393 g/mol. The summed E-state index contributed by atoms with van der Waals surface area (Å²) in [7, 11) is 0. The molecule has 0 bridgehead atoms. The van der Waals surface area contributed by atoms with Gasteiger partial charge in [0.1, 0.15) is 0 Å². The van der Waals surface area contributed by atoms with Gasteiger partial charge in [0.05, 0.1) is 16.5 Å². The lowest BCUT2D eigenvalue weighted by Crippen LogP contribution is -2.35. The van der Waals surface area contributed by atoms with E-state index >= 15 is 0 Å². The Hall–Kier alpha value is -0.250. The summed E-state index contributed by atoms with van der Waals surface area (Å²) in [4.78, 5) is 12.0. The van der Waals surface area contributed by atoms with Gasteiger partial charge in [-0.2, -0.15) is 0 Å². The maximum atomic E-state index is 12.0. The molecule has 1 aliphatic rings. The molecule has 0 aliphatic heterocycles. The summed E-state index contributed by atoms with van der Waals surface area (Å²) in [6.45, 7) is 0.774. The van der Waals surface area contributed by atoms with Crippen molar-refractivity contribution in [3.05, 3.63) is 33.8 Å². The smallest absolute Gasteiger partial charge is 0.224 e. The van der Waals surface area contributed by atoms with Crippen LogP contribution < -0.4 is 5.32 Å². The molecule has 5 heteroatoms. The quantitative estimate of drug-likeness (QED) is 0.712. The minimum atomic E-state index is 0.0484. The predicted molar refractivity (Wildman–Crippen MR) is 92.4 cm³/mol. The fraction of sp³-hybridized carbons (Fsp3) is 0.562. The Morgan fingerprint density at radius 2 is 1.90 bits per heavy atom. The molecule has 1 aliphatic carbocycles. The summed E-state index contributed by atoms with van der Waals surface area (Å²) in [5.41, 5.74) is 0.891. The van der Waals surface area contributed by atoms with Crippen LogP contribution in [0.4, 0.5) is 0 Å². The molecule has 1 fully saturated rings. The van der Waals surface area contributed by atoms with Gasteiger partial charge < -0.3 is 5.32 Å². The Labute approximate surface area is 144 Å². The molecule has 1 amide bonds. The summed E-state index contributed by atoms with van der Waals surface area (Å²) >= 11 is 15.4. The summed E-state index contributed by atoms with van der Waals surface area (Å²) in [6, 6.07) is 5.33. The lowest BCUT2D eigenvalue weighted by atomic mass is 9.80. The number of alkyl halides is 1. The Morgan fingerprint density at radius 1 is 1.19 bits per heavy atom. The first-order valence-corrected chi connectivity index (χ1v) is 9.24. The second-order valence-corrected chi connectivity index (χ2v) is 7.15. The Balaban J connectivity index is 1.82. The molecule has 0 saturated heterocycles. The molecule has 1 aromatic rings. The van der Waals surface area contributed by atoms with Gasteiger partial charge in [0.15, 0.2) is 0 Å². The van der Waals surface area contributed by atoms with Gasteiger partial charge in [-0.3, -0.25) is 4.79 Å². The van der Waals surface area contributed by atoms with Crippen molar-refractivity contribution in [3.8, 4) is 0 Å². The first kappa shape index (κ1) is 17.1. The third kappa shape index (κ3) is 5.15. The van der Waals surface area contributed by atoms with Crippen LogP contribution in [-0.2, 0) is 11.2 Å². The molecule has 2 unspecified atom stereocenters. The van der Waals surface area contributed by atoms with E-state index in [1.807, 2.05) is 6.07 Å². The van der Waals surface area contributed by atoms with Gasteiger partial charge in [-0.25, -0.2) is 0 Å². The fourth-order valence-corrected chi connectivity index (χ4v) is 4.07. The van der Waals surface area contributed by atoms with E-state index in [1.54, 1.807) is 12.1 Å². The predicted octanol–water partition coefficient (Wildman–Crippen LogP) is 4.85. The maximum Gasteiger partial charge on any atom is 0.224 e. The van der Waals surface area contributed by atoms with Crippen molar-refractivity contribution < 1.29 is 4.79 Å². The first-order valence-electron chi connectivity index (χ1n) is 7.36. The molecule has 116 valence electrons. The van der Waals surface area contributed by atoms with Crippen LogP contribution in [0.25, 0.3) is 0 Å². The zero-order valence-corrected chi connectivity index (χ0v) is 15.0. The van der Waals surface area contributed by atoms with Crippen LogP contribution in [0.3, 0.4) is 0 Å². The summed E-state index contributed by atoms with van der Waals surface area (Å²) < 4.78 is 0. The standard InChI is InChI=1S/C16H20BrCl2NO/c17-9-12-3-1-2-4-13(12)10-20-16(21)8-11-5-6-14(18)15(19)7-11/h5-7,12-13H,1-4,8-10H2,(H,20,21). The molecular formula is C16H20BrCl2NO. The number of hydrogen-bond donors (Lipinski definition) is 1. The van der Waals surface area contributed by atoms with Crippen molar-refractivity contribution in [2.24, 2.45) is 11.8 Å². The number of benzene rings is 1. The zero-order valence-electron chi connectivity index (χ0n) is 11.9. The molecule has 21 heavy (non-hydrogen) atoms. The number of halogens is 3. The highest BCUT2D eigenvalue weighted by Gasteiger charge is 2.24. The van der Waals surface area contributed by atoms with Gasteiger partial charge in [0.25, 0.3) is 0 Å². The van der Waals surface area contributed by atoms with Crippen LogP contribution >= 0.6 is 39.1 Å². The zero-order chi connectivity index (χ0) is 15.2. The van der Waals surface area contributed by atoms with Crippen molar-refractivity contribution >= 4 is 45.0 Å². The van der Waals surface area contributed by atoms with Crippen molar-refractivity contribution in [1.82, 2.24) is 5.32 Å². The van der Waals surface area contributed by atoms with Crippen molar-refractivity contribution in [3.63, 3.8) is 0 Å². The molecule has 0 aromatic heterocycles. The van der Waals surface area contributed by atoms with Crippen LogP contribution in [0.5, 0.6) is 0 Å². The normalized spacial score (nSPS) is 22.0. The molecule has 0 spiro atoms. The molecule has 1 saturated carbocycles. The van der Waals surface area contributed by atoms with Crippen LogP contribution in [-0.4, -0.2) is 17.8 Å². The third-order valence-corrected chi connectivity index (χ3v) is 5.75. The van der Waals surface area contributed by atoms with Gasteiger partial charge in [-0.15, -0.1) is 0 Å². The largest absolute Gasteiger partial charge is 0.356 e. The van der Waals surface area contributed by atoms with Crippen LogP contribution in [0.1, 0.15) is 31.2 Å². The molecule has 2 nitrogen and oxygen atoms in total. The highest BCUT2D eigenvalue weighted by Crippen LogP contribution is 2.30. The Bertz CT molecular complexity index is 495. The average Bonchev–Trinajstić information content (AvgIpc) is 2.49. The molecular weight excluding hydrogens is 373 g/mol. The van der Waals surface area contributed by atoms with E-state index < -0.39 is 0 Å². The van der Waals surface area contributed by atoms with Gasteiger partial charge in [-0.1, -0.05) is 58.0 Å². The van der Waals surface area contributed by atoms with Gasteiger partial charge in [-0.05, 0) is 42.4 Å². The van der Waals surface area contributed by atoms with E-state index in [-0.39, 0.29) is 5.91 Å². The number of carbonyl (C=O) groups excluding carboxylic acids is 1. The molecule has 1 aromatic carbocycles. The highest BCUT2D eigenvalue weighted by atomic mass is 79.9. The SMILES string of the molecule is O=C(Cc1ccc(Cl)c(Cl)c1)NCC1CCCCC1CBr. The van der Waals surface area contributed by atoms with E-state index in [0.717, 1.165) is 17.4 Å². The highest BCUT2D eigenvalue weighted by molar-refractivity contribution is 9.09. The molecule has 1 N–H and O–H groups in total. The monoisotopic (exact) mass is 391 g/mol. The fourth-order valence-electron chi connectivity index (χ4n) is 2.90. The molecule has 2 atom stereocenters. The number of amides is 1. The maximum absolute atomic E-state index is 12.0. The topological polar surface area (TPSA) is 29.1 Å². The van der Waals surface area contributed by atoms with Crippen LogP contribution in [0, 0.1) is 11.8 Å². The number of carbonyl (C=O) groups is 1. The van der Waals surface area contributed by atoms with E-state index in [4.69, 9.17) is 23.2 Å². The Kier molecular flexibility index (Phi) is 6.84. The van der Waals surface area contributed by atoms with Gasteiger partial charge in [0.2, 0.25) is 5.91 Å². The lowest BCUT2D eigenvalue weighted by molar-refractivity contribution is -0.120. The number of hydrogen-bond acceptors (Lipinski definition) is 1. The van der Waals surface area contributed by atoms with E-state index in [9.17, 15) is 4.79 Å². The summed E-state index contributed by atoms with van der Waals surface area (Å²) in [6.07, 6.45) is 5.41. The summed E-state index contributed by atoms with van der Waals surface area (Å²) in [5.74, 6) is 1.33. The van der Waals surface area contributed by atoms with Crippen molar-refractivity contribution in [2.75, 3.05) is 11.9 Å². The second-order valence-electron chi connectivity index (χ2n) is 5.69. The molecule has 0 radical (unpaired) electrons. The number of rotatable bonds is 5. The third-order valence-electron chi connectivity index (χ3n) is 4.17. The minimum absolute atomic E-state index is 0.0484. The van der Waals surface area contributed by atoms with E-state index in [2.05, 4.69) is 21.2 Å². The van der Waals surface area contributed by atoms with Crippen molar-refractivity contribution in [2.45, 2.75) is 32.1 Å².